The van der Waals surface area contributed by atoms with Crippen LogP contribution in [0.5, 0.6) is 0 Å². The second kappa shape index (κ2) is 10.7. The van der Waals surface area contributed by atoms with Crippen molar-refractivity contribution in [2.75, 3.05) is 0 Å². The van der Waals surface area contributed by atoms with Gasteiger partial charge in [0, 0.05) is 8.07 Å². The Hall–Kier alpha value is 0.510. The fourth-order valence-corrected chi connectivity index (χ4v) is 7.62. The van der Waals surface area contributed by atoms with Crippen molar-refractivity contribution < 1.29 is 51.0 Å². The zero-order valence-electron chi connectivity index (χ0n) is 16.8. The van der Waals surface area contributed by atoms with Crippen LogP contribution < -0.4 is 30.0 Å². The molecule has 0 aromatic heterocycles. The molecule has 1 aliphatic heterocycles. The number of hydrogen-bond acceptors (Lipinski definition) is 0. The predicted molar refractivity (Wildman–Crippen MR) is 101 cm³/mol. The zero-order chi connectivity index (χ0) is 16.5. The molecule has 0 spiro atoms. The molecule has 0 N–H and O–H groups in total. The minimum Gasteiger partial charge on any atom is -1.00 e. The SMILES string of the molecule is CC1=[C-]C(C)(C)C(C)=C1C.CC[Si]1([c-]2ccc(C)c2)CCC1.[Cl-].[Cl-].[Zr+4]. The summed E-state index contributed by atoms with van der Waals surface area (Å²) >= 11 is 0. The van der Waals surface area contributed by atoms with Gasteiger partial charge in [-0.1, -0.05) is 71.5 Å². The molecule has 2 aliphatic rings. The Morgan fingerprint density at radius 1 is 1.12 bits per heavy atom. The molecule has 25 heavy (non-hydrogen) atoms. The van der Waals surface area contributed by atoms with E-state index in [1.165, 1.54) is 34.7 Å². The van der Waals surface area contributed by atoms with Gasteiger partial charge in [0.2, 0.25) is 0 Å². The Balaban J connectivity index is 0. The van der Waals surface area contributed by atoms with Crippen LogP contribution in [-0.2, 0) is 26.2 Å². The maximum absolute atomic E-state index is 3.44. The minimum atomic E-state index is -0.872. The van der Waals surface area contributed by atoms with Gasteiger partial charge in [-0.25, -0.2) is 17.2 Å². The van der Waals surface area contributed by atoms with Crippen molar-refractivity contribution in [1.29, 1.82) is 0 Å². The van der Waals surface area contributed by atoms with E-state index >= 15 is 0 Å². The Labute approximate surface area is 188 Å². The van der Waals surface area contributed by atoms with Crippen LogP contribution in [0, 0.1) is 18.4 Å². The van der Waals surface area contributed by atoms with Crippen LogP contribution in [0.4, 0.5) is 0 Å². The third-order valence-electron chi connectivity index (χ3n) is 6.07. The first-order chi connectivity index (χ1) is 10.2. The summed E-state index contributed by atoms with van der Waals surface area (Å²) in [5, 5.41) is 1.73. The van der Waals surface area contributed by atoms with Gasteiger partial charge in [-0.15, -0.1) is 6.92 Å². The summed E-state index contributed by atoms with van der Waals surface area (Å²) < 4.78 is 0. The molecule has 0 saturated carbocycles. The van der Waals surface area contributed by atoms with Crippen LogP contribution in [0.15, 0.2) is 34.9 Å². The summed E-state index contributed by atoms with van der Waals surface area (Å²) in [6, 6.07) is 11.6. The van der Waals surface area contributed by atoms with Crippen LogP contribution in [0.2, 0.25) is 18.1 Å². The molecule has 0 unspecified atom stereocenters. The molecule has 0 bridgehead atoms. The van der Waals surface area contributed by atoms with Crippen LogP contribution in [0.3, 0.4) is 0 Å². The maximum Gasteiger partial charge on any atom is 4.00 e. The monoisotopic (exact) mass is 472 g/mol. The van der Waals surface area contributed by atoms with Gasteiger partial charge in [-0.05, 0) is 0 Å². The van der Waals surface area contributed by atoms with Gasteiger partial charge in [0.05, 0.1) is 0 Å². The Morgan fingerprint density at radius 3 is 1.88 bits per heavy atom. The summed E-state index contributed by atoms with van der Waals surface area (Å²) in [6.07, 6.45) is 4.93. The van der Waals surface area contributed by atoms with E-state index in [2.05, 4.69) is 72.7 Å². The molecular weight excluding hydrogens is 442 g/mol. The summed E-state index contributed by atoms with van der Waals surface area (Å²) in [6.45, 7) is 15.5. The van der Waals surface area contributed by atoms with Crippen molar-refractivity contribution in [3.8, 4) is 0 Å². The predicted octanol–water partition coefficient (Wildman–Crippen LogP) is -0.0891. The molecule has 0 nitrogen and oxygen atoms in total. The first-order valence-corrected chi connectivity index (χ1v) is 11.4. The van der Waals surface area contributed by atoms with Gasteiger partial charge in [-0.3, -0.25) is 6.08 Å². The van der Waals surface area contributed by atoms with E-state index in [9.17, 15) is 0 Å². The summed E-state index contributed by atoms with van der Waals surface area (Å²) in [7, 11) is -0.872. The van der Waals surface area contributed by atoms with Gasteiger partial charge in [0.25, 0.3) is 0 Å². The van der Waals surface area contributed by atoms with Crippen molar-refractivity contribution in [3.63, 3.8) is 0 Å². The van der Waals surface area contributed by atoms with Crippen LogP contribution in [0.1, 0.15) is 53.5 Å². The van der Waals surface area contributed by atoms with Crippen molar-refractivity contribution in [3.05, 3.63) is 46.6 Å². The largest absolute Gasteiger partial charge is 4.00 e. The van der Waals surface area contributed by atoms with Gasteiger partial charge in [0.1, 0.15) is 0 Å². The number of hydrogen-bond donors (Lipinski definition) is 0. The number of allylic oxidation sites excluding steroid dienone is 4. The molecule has 4 heteroatoms. The maximum atomic E-state index is 3.44. The fourth-order valence-electron chi connectivity index (χ4n) is 3.75. The third kappa shape index (κ3) is 6.00. The van der Waals surface area contributed by atoms with E-state index in [1.807, 2.05) is 0 Å². The van der Waals surface area contributed by atoms with Crippen molar-refractivity contribution >= 4 is 13.3 Å². The average molecular weight is 475 g/mol. The fraction of sp³-hybridized carbons (Fsp3) is 0.571. The van der Waals surface area contributed by atoms with E-state index in [1.54, 1.807) is 17.3 Å². The van der Waals surface area contributed by atoms with E-state index in [4.69, 9.17) is 0 Å². The van der Waals surface area contributed by atoms with Gasteiger partial charge in [0.15, 0.2) is 0 Å². The number of halogens is 2. The van der Waals surface area contributed by atoms with Gasteiger partial charge >= 0.3 is 26.2 Å². The quantitative estimate of drug-likeness (QED) is 0.415. The molecule has 1 aromatic carbocycles. The van der Waals surface area contributed by atoms with E-state index in [-0.39, 0.29) is 56.4 Å². The number of rotatable bonds is 2. The first kappa shape index (κ1) is 27.7. The number of aryl methyl sites for hydroxylation is 1. The van der Waals surface area contributed by atoms with Crippen LogP contribution >= 0.6 is 0 Å². The summed E-state index contributed by atoms with van der Waals surface area (Å²) in [4.78, 5) is 0. The topological polar surface area (TPSA) is 0 Å². The van der Waals surface area contributed by atoms with Gasteiger partial charge < -0.3 is 24.8 Å². The summed E-state index contributed by atoms with van der Waals surface area (Å²) in [5.41, 5.74) is 5.85. The van der Waals surface area contributed by atoms with Crippen LogP contribution in [-0.4, -0.2) is 8.07 Å². The third-order valence-corrected chi connectivity index (χ3v) is 11.6. The van der Waals surface area contributed by atoms with E-state index in [0.29, 0.717) is 0 Å². The smallest absolute Gasteiger partial charge is 1.00 e. The second-order valence-corrected chi connectivity index (χ2v) is 12.6. The van der Waals surface area contributed by atoms with Crippen LogP contribution in [0.25, 0.3) is 0 Å². The minimum absolute atomic E-state index is 0. The van der Waals surface area contributed by atoms with E-state index < -0.39 is 8.07 Å². The molecule has 1 aliphatic carbocycles. The second-order valence-electron chi connectivity index (χ2n) is 7.79. The van der Waals surface area contributed by atoms with Crippen molar-refractivity contribution in [1.82, 2.24) is 0 Å². The Bertz CT molecular complexity index is 602. The summed E-state index contributed by atoms with van der Waals surface area (Å²) in [5.74, 6) is 0. The van der Waals surface area contributed by atoms with Crippen molar-refractivity contribution in [2.45, 2.75) is 73.0 Å². The molecule has 1 aromatic rings. The van der Waals surface area contributed by atoms with Crippen molar-refractivity contribution in [2.24, 2.45) is 5.41 Å². The molecule has 0 radical (unpaired) electrons. The zero-order valence-corrected chi connectivity index (χ0v) is 21.8. The van der Waals surface area contributed by atoms with E-state index in [0.717, 1.165) is 0 Å². The standard InChI is InChI=1S/C11H17Si.C10H15.2ClH.Zr/c1-3-12(7-4-8-12)11-6-5-10(2)9-11;1-7-6-10(4,5)9(3)8(7)2;;;/h5-6,9H,3-4,7-8H2,1-2H3;1-5H3;2*1H;/q2*-1;;;+4/p-2. The molecule has 0 amide bonds. The Kier molecular flexibility index (Phi) is 11.9. The Morgan fingerprint density at radius 2 is 1.68 bits per heavy atom. The molecule has 1 fully saturated rings. The first-order valence-electron chi connectivity index (χ1n) is 8.76. The molecule has 1 saturated heterocycles. The molecule has 1 heterocycles. The molecule has 138 valence electrons. The molecule has 3 rings (SSSR count). The molecular formula is C21H32Cl2SiZr. The molecule has 0 atom stereocenters. The van der Waals surface area contributed by atoms with Gasteiger partial charge in [-0.2, -0.15) is 28.5 Å². The average Bonchev–Trinajstić information content (AvgIpc) is 2.89. The normalized spacial score (nSPS) is 19.2.